The quantitative estimate of drug-likeness (QED) is 0.684. The summed E-state index contributed by atoms with van der Waals surface area (Å²) in [6.07, 6.45) is -5.72. The predicted octanol–water partition coefficient (Wildman–Crippen LogP) is 1.35. The van der Waals surface area contributed by atoms with Crippen LogP contribution in [0.2, 0.25) is 0 Å². The summed E-state index contributed by atoms with van der Waals surface area (Å²) in [5, 5.41) is 1.87. The van der Waals surface area contributed by atoms with E-state index in [0.29, 0.717) is 6.42 Å². The Hall–Kier alpha value is -2.81. The molecule has 1 amide bonds. The van der Waals surface area contributed by atoms with E-state index in [1.807, 2.05) is 0 Å². The third-order valence-corrected chi connectivity index (χ3v) is 3.90. The van der Waals surface area contributed by atoms with E-state index in [0.717, 1.165) is 0 Å². The number of anilines is 2. The van der Waals surface area contributed by atoms with Crippen molar-refractivity contribution in [3.63, 3.8) is 0 Å². The molecule has 9 nitrogen and oxygen atoms in total. The average molecular weight is 400 g/mol. The molecule has 1 atom stereocenters. The highest BCUT2D eigenvalue weighted by Gasteiger charge is 2.22. The van der Waals surface area contributed by atoms with E-state index < -0.39 is 44.3 Å². The number of amides is 1. The van der Waals surface area contributed by atoms with Crippen LogP contribution < -0.4 is 25.4 Å². The Morgan fingerprint density at radius 1 is 1.46 bits per heavy atom. The van der Waals surface area contributed by atoms with Crippen LogP contribution in [-0.4, -0.2) is 62.8 Å². The molecule has 0 bridgehead atoms. The number of benzene rings is 1. The maximum atomic E-state index is 12.6. The van der Waals surface area contributed by atoms with Crippen molar-refractivity contribution in [1.82, 2.24) is 15.3 Å². The maximum absolute atomic E-state index is 12.6. The summed E-state index contributed by atoms with van der Waals surface area (Å²) in [5.41, 5.74) is 6.00. The number of nitrogens with one attached hydrogen (secondary N) is 1. The van der Waals surface area contributed by atoms with Gasteiger partial charge in [0.25, 0.3) is 0 Å². The van der Waals surface area contributed by atoms with Crippen LogP contribution in [0.1, 0.15) is 32.9 Å². The third-order valence-electron chi connectivity index (χ3n) is 3.90. The highest BCUT2D eigenvalue weighted by Crippen LogP contribution is 2.33. The highest BCUT2D eigenvalue weighted by molar-refractivity contribution is 5.91. The Balaban J connectivity index is 2.12. The molecule has 2 aromatic rings. The van der Waals surface area contributed by atoms with Gasteiger partial charge in [0, 0.05) is 50.4 Å². The summed E-state index contributed by atoms with van der Waals surface area (Å²) in [6.45, 7) is -10.7. The number of methoxy groups -OCH3 is 2. The van der Waals surface area contributed by atoms with E-state index in [1.165, 1.54) is 26.4 Å². The Kier molecular flexibility index (Phi) is 3.39. The van der Waals surface area contributed by atoms with Crippen molar-refractivity contribution < 1.29 is 32.7 Å². The molecule has 28 heavy (non-hydrogen) atoms. The van der Waals surface area contributed by atoms with Crippen molar-refractivity contribution in [1.29, 1.82) is 0 Å². The van der Waals surface area contributed by atoms with Crippen LogP contribution in [0.25, 0.3) is 10.9 Å². The summed E-state index contributed by atoms with van der Waals surface area (Å²) < 4.78 is 97.2. The smallest absolute Gasteiger partial charge is 0.249 e. The number of nitrogens with two attached hydrogens (primary N) is 1. The summed E-state index contributed by atoms with van der Waals surface area (Å²) in [5.74, 6) is -2.09. The fourth-order valence-corrected chi connectivity index (χ4v) is 2.54. The largest absolute Gasteiger partial charge is 0.493 e. The minimum absolute atomic E-state index is 0.00149. The van der Waals surface area contributed by atoms with E-state index >= 15 is 0 Å². The van der Waals surface area contributed by atoms with Gasteiger partial charge in [-0.15, -0.1) is 0 Å². The lowest BCUT2D eigenvalue weighted by atomic mass is 10.2. The number of aromatic nitrogens is 2. The fourth-order valence-electron chi connectivity index (χ4n) is 2.54. The topological polar surface area (TPSA) is 112 Å². The number of rotatable bonds is 8. The standard InChI is InChI=1S/C19H27N5O4/c1-24(8-5-7-21-18(25)14-6-4-9-28-14)19-22-13-11-16(27-3)15(26-2)10-12(13)17(20)23-19/h10-11,14H,4-9H2,1-3H3,(H,21,25)(H2,20,22,23)/i1D3,5D2,7D2,8D2,14D. The Morgan fingerprint density at radius 2 is 2.25 bits per heavy atom. The summed E-state index contributed by atoms with van der Waals surface area (Å²) in [7, 11) is 2.71. The van der Waals surface area contributed by atoms with Crippen LogP contribution in [0.3, 0.4) is 0 Å². The molecule has 0 radical (unpaired) electrons. The number of fused-ring (bicyclic) bond motifs is 1. The summed E-state index contributed by atoms with van der Waals surface area (Å²) >= 11 is 0. The molecule has 1 saturated heterocycles. The van der Waals surface area contributed by atoms with Crippen molar-refractivity contribution in [2.75, 3.05) is 51.4 Å². The monoisotopic (exact) mass is 399 g/mol. The van der Waals surface area contributed by atoms with Crippen molar-refractivity contribution in [2.45, 2.75) is 25.3 Å². The molecule has 152 valence electrons. The van der Waals surface area contributed by atoms with Gasteiger partial charge in [-0.3, -0.25) is 4.79 Å². The van der Waals surface area contributed by atoms with E-state index in [4.69, 9.17) is 33.7 Å². The van der Waals surface area contributed by atoms with E-state index in [-0.39, 0.29) is 46.1 Å². The zero-order valence-corrected chi connectivity index (χ0v) is 15.3. The van der Waals surface area contributed by atoms with Crippen molar-refractivity contribution in [3.05, 3.63) is 12.1 Å². The van der Waals surface area contributed by atoms with Crippen molar-refractivity contribution in [3.8, 4) is 11.5 Å². The van der Waals surface area contributed by atoms with Gasteiger partial charge in [0.15, 0.2) is 11.5 Å². The van der Waals surface area contributed by atoms with E-state index in [9.17, 15) is 4.79 Å². The first-order valence-corrected chi connectivity index (χ1v) is 8.28. The normalized spacial score (nSPS) is 26.1. The predicted molar refractivity (Wildman–Crippen MR) is 107 cm³/mol. The first-order valence-electron chi connectivity index (χ1n) is 13.3. The number of nitrogens with zero attached hydrogens (tertiary/aromatic N) is 3. The van der Waals surface area contributed by atoms with Gasteiger partial charge in [0.2, 0.25) is 11.9 Å². The lowest BCUT2D eigenvalue weighted by Gasteiger charge is -2.19. The van der Waals surface area contributed by atoms with E-state index in [1.54, 1.807) is 5.32 Å². The number of hydrogen-bond donors (Lipinski definition) is 2. The van der Waals surface area contributed by atoms with Gasteiger partial charge in [0.1, 0.15) is 11.9 Å². The van der Waals surface area contributed by atoms with Crippen LogP contribution in [0.4, 0.5) is 11.8 Å². The number of carbonyl (C=O) groups excluding carboxylic acids is 1. The molecular weight excluding hydrogens is 362 g/mol. The Labute approximate surface area is 178 Å². The number of ether oxygens (including phenoxy) is 3. The van der Waals surface area contributed by atoms with Gasteiger partial charge < -0.3 is 30.2 Å². The SMILES string of the molecule is [2H]C1(C(=O)NC([2H])([2H])C([2H])([2H])C([2H])([2H])N(c2nc(N)c3cc(OC)c(OC)cc3n2)C([2H])([2H])[2H])CCCO1. The van der Waals surface area contributed by atoms with Crippen LogP contribution in [0, 0.1) is 0 Å². The van der Waals surface area contributed by atoms with Crippen LogP contribution in [0.5, 0.6) is 11.5 Å². The lowest BCUT2D eigenvalue weighted by Crippen LogP contribution is -2.36. The molecule has 0 spiro atoms. The molecule has 9 heteroatoms. The van der Waals surface area contributed by atoms with Crippen LogP contribution in [0.15, 0.2) is 12.1 Å². The zero-order chi connectivity index (χ0) is 28.9. The zero-order valence-electron chi connectivity index (χ0n) is 25.3. The summed E-state index contributed by atoms with van der Waals surface area (Å²) in [4.78, 5) is 20.4. The molecular formula is C19H27N5O4. The number of carbonyl (C=O) groups is 1. The Bertz CT molecular complexity index is 1220. The summed E-state index contributed by atoms with van der Waals surface area (Å²) in [6, 6.07) is 2.74. The molecule has 1 aromatic heterocycles. The molecule has 1 fully saturated rings. The number of nitrogen functional groups attached to an aromatic ring is 1. The second-order valence-corrected chi connectivity index (χ2v) is 5.66. The van der Waals surface area contributed by atoms with E-state index in [2.05, 4.69) is 9.97 Å². The van der Waals surface area contributed by atoms with Crippen LogP contribution >= 0.6 is 0 Å². The van der Waals surface area contributed by atoms with Gasteiger partial charge in [-0.1, -0.05) is 0 Å². The molecule has 0 saturated carbocycles. The molecule has 1 aromatic carbocycles. The first kappa shape index (κ1) is 10.7. The molecule has 3 N–H and O–H groups in total. The molecule has 3 rings (SSSR count). The number of hydrogen-bond acceptors (Lipinski definition) is 8. The molecule has 1 aliphatic rings. The van der Waals surface area contributed by atoms with Gasteiger partial charge in [-0.05, 0) is 25.3 Å². The lowest BCUT2D eigenvalue weighted by molar-refractivity contribution is -0.130. The third kappa shape index (κ3) is 4.36. The van der Waals surface area contributed by atoms with Crippen LogP contribution in [-0.2, 0) is 9.53 Å². The fraction of sp³-hybridized carbons (Fsp3) is 0.526. The second kappa shape index (κ2) is 8.92. The molecule has 0 aliphatic carbocycles. The molecule has 1 unspecified atom stereocenters. The minimum atomic E-state index is -3.76. The Morgan fingerprint density at radius 3 is 2.93 bits per heavy atom. The van der Waals surface area contributed by atoms with Crippen molar-refractivity contribution in [2.24, 2.45) is 0 Å². The average Bonchev–Trinajstić information content (AvgIpc) is 3.24. The minimum Gasteiger partial charge on any atom is -0.493 e. The first-order chi connectivity index (χ1) is 17.3. The van der Waals surface area contributed by atoms with Gasteiger partial charge in [-0.25, -0.2) is 4.98 Å². The maximum Gasteiger partial charge on any atom is 0.249 e. The highest BCUT2D eigenvalue weighted by atomic mass is 16.5. The van der Waals surface area contributed by atoms with Gasteiger partial charge >= 0.3 is 0 Å². The molecule has 1 aliphatic heterocycles. The second-order valence-electron chi connectivity index (χ2n) is 5.66. The van der Waals surface area contributed by atoms with Gasteiger partial charge in [0.05, 0.1) is 21.1 Å². The van der Waals surface area contributed by atoms with Gasteiger partial charge in [-0.2, -0.15) is 4.98 Å². The molecule has 2 heterocycles. The van der Waals surface area contributed by atoms with Crippen molar-refractivity contribution >= 4 is 28.6 Å².